The van der Waals surface area contributed by atoms with E-state index >= 15 is 0 Å². The van der Waals surface area contributed by atoms with Gasteiger partial charge in [0.15, 0.2) is 5.54 Å². The fourth-order valence-electron chi connectivity index (χ4n) is 3.85. The molecule has 3 rings (SSSR count). The maximum Gasteiger partial charge on any atom is 0.232 e. The number of para-hydroxylation sites is 1. The third-order valence-corrected chi connectivity index (χ3v) is 4.65. The molecule has 0 saturated heterocycles. The number of benzene rings is 1. The zero-order valence-electron chi connectivity index (χ0n) is 11.0. The normalized spacial score (nSPS) is 34.5. The van der Waals surface area contributed by atoms with Gasteiger partial charge < -0.3 is 0 Å². The summed E-state index contributed by atoms with van der Waals surface area (Å²) in [6.07, 6.45) is 3.89. The minimum Gasteiger partial charge on any atom is -0.0834 e. The highest BCUT2D eigenvalue weighted by Gasteiger charge is 2.61. The molecular formula is C15H21N2+. The van der Waals surface area contributed by atoms with Gasteiger partial charge in [0.25, 0.3) is 0 Å². The van der Waals surface area contributed by atoms with Gasteiger partial charge in [0.05, 0.1) is 5.92 Å². The van der Waals surface area contributed by atoms with Gasteiger partial charge in [-0.15, -0.1) is 0 Å². The molecule has 2 aliphatic rings. The quantitative estimate of drug-likeness (QED) is 0.643. The molecule has 1 aromatic rings. The molecule has 1 fully saturated rings. The molecular weight excluding hydrogens is 208 g/mol. The Kier molecular flexibility index (Phi) is 2.19. The van der Waals surface area contributed by atoms with Crippen molar-refractivity contribution in [3.8, 4) is 0 Å². The van der Waals surface area contributed by atoms with E-state index in [1.807, 2.05) is 0 Å². The predicted octanol–water partition coefficient (Wildman–Crippen LogP) is 4.13. The fraction of sp³-hybridized carbons (Fsp3) is 0.600. The first-order chi connectivity index (χ1) is 8.04. The maximum absolute atomic E-state index is 5.04. The SMILES string of the molecule is CC1(C)[C@H]2CCC[C@@]2(C)N=[N+]1c1ccccc1. The van der Waals surface area contributed by atoms with Gasteiger partial charge in [0.2, 0.25) is 5.69 Å². The topological polar surface area (TPSA) is 15.4 Å². The predicted molar refractivity (Wildman–Crippen MR) is 68.6 cm³/mol. The van der Waals surface area contributed by atoms with Gasteiger partial charge in [-0.3, -0.25) is 0 Å². The van der Waals surface area contributed by atoms with Crippen LogP contribution in [0.15, 0.2) is 35.4 Å². The van der Waals surface area contributed by atoms with Crippen LogP contribution in [0, 0.1) is 5.92 Å². The third-order valence-electron chi connectivity index (χ3n) is 4.65. The molecule has 0 amide bonds. The second kappa shape index (κ2) is 3.41. The number of nitrogens with zero attached hydrogens (tertiary/aromatic N) is 2. The van der Waals surface area contributed by atoms with Gasteiger partial charge >= 0.3 is 0 Å². The summed E-state index contributed by atoms with van der Waals surface area (Å²) in [7, 11) is 0. The highest BCUT2D eigenvalue weighted by molar-refractivity contribution is 5.29. The van der Waals surface area contributed by atoms with E-state index in [4.69, 9.17) is 5.11 Å². The Morgan fingerprint density at radius 2 is 1.88 bits per heavy atom. The second-order valence-electron chi connectivity index (χ2n) is 6.20. The van der Waals surface area contributed by atoms with Crippen molar-refractivity contribution in [1.29, 1.82) is 0 Å². The molecule has 0 radical (unpaired) electrons. The van der Waals surface area contributed by atoms with Crippen molar-refractivity contribution in [2.75, 3.05) is 0 Å². The summed E-state index contributed by atoms with van der Waals surface area (Å²) in [4.78, 5) is 0. The van der Waals surface area contributed by atoms with E-state index in [0.29, 0.717) is 5.92 Å². The molecule has 2 heteroatoms. The third kappa shape index (κ3) is 1.46. The van der Waals surface area contributed by atoms with E-state index in [9.17, 15) is 0 Å². The highest BCUT2D eigenvalue weighted by Crippen LogP contribution is 2.52. The monoisotopic (exact) mass is 229 g/mol. The highest BCUT2D eigenvalue weighted by atomic mass is 15.4. The van der Waals surface area contributed by atoms with E-state index in [1.54, 1.807) is 0 Å². The van der Waals surface area contributed by atoms with Crippen molar-refractivity contribution in [3.05, 3.63) is 30.3 Å². The lowest BCUT2D eigenvalue weighted by molar-refractivity contribution is -0.579. The van der Waals surface area contributed by atoms with Crippen molar-refractivity contribution in [1.82, 2.24) is 0 Å². The molecule has 0 N–H and O–H groups in total. The van der Waals surface area contributed by atoms with Crippen molar-refractivity contribution in [3.63, 3.8) is 0 Å². The lowest BCUT2D eigenvalue weighted by Gasteiger charge is -2.23. The van der Waals surface area contributed by atoms with Crippen LogP contribution in [0.5, 0.6) is 0 Å². The summed E-state index contributed by atoms with van der Waals surface area (Å²) in [6, 6.07) is 10.6. The smallest absolute Gasteiger partial charge is 0.0834 e. The first-order valence-electron chi connectivity index (χ1n) is 6.62. The number of hydrogen-bond acceptors (Lipinski definition) is 1. The first-order valence-corrected chi connectivity index (χ1v) is 6.62. The van der Waals surface area contributed by atoms with Gasteiger partial charge in [-0.2, -0.15) is 0 Å². The van der Waals surface area contributed by atoms with E-state index < -0.39 is 0 Å². The summed E-state index contributed by atoms with van der Waals surface area (Å²) in [5.41, 5.74) is 1.54. The molecule has 1 heterocycles. The van der Waals surface area contributed by atoms with Crippen molar-refractivity contribution >= 4 is 5.69 Å². The zero-order chi connectivity index (χ0) is 12.1. The minimum absolute atomic E-state index is 0.145. The van der Waals surface area contributed by atoms with Crippen LogP contribution in [0.3, 0.4) is 0 Å². The van der Waals surface area contributed by atoms with Crippen LogP contribution < -0.4 is 0 Å². The minimum atomic E-state index is 0.145. The van der Waals surface area contributed by atoms with Gasteiger partial charge in [0.1, 0.15) is 5.54 Å². The van der Waals surface area contributed by atoms with E-state index in [0.717, 1.165) is 0 Å². The van der Waals surface area contributed by atoms with Crippen molar-refractivity contribution in [2.24, 2.45) is 11.0 Å². The number of azo groups is 2. The van der Waals surface area contributed by atoms with Gasteiger partial charge in [-0.05, 0) is 24.9 Å². The van der Waals surface area contributed by atoms with Crippen molar-refractivity contribution < 1.29 is 4.70 Å². The van der Waals surface area contributed by atoms with Crippen LogP contribution in [0.4, 0.5) is 5.69 Å². The largest absolute Gasteiger partial charge is 0.232 e. The maximum atomic E-state index is 5.04. The van der Waals surface area contributed by atoms with E-state index in [-0.39, 0.29) is 11.1 Å². The Labute approximate surface area is 103 Å². The molecule has 2 atom stereocenters. The number of hydrogen-bond donors (Lipinski definition) is 0. The molecule has 0 bridgehead atoms. The Morgan fingerprint density at radius 1 is 1.18 bits per heavy atom. The van der Waals surface area contributed by atoms with Crippen LogP contribution in [0.25, 0.3) is 0 Å². The average molecular weight is 229 g/mol. The Morgan fingerprint density at radius 3 is 2.53 bits per heavy atom. The summed E-state index contributed by atoms with van der Waals surface area (Å²) < 4.78 is 2.26. The standard InChI is InChI=1S/C15H21N2/c1-14(2)13-10-7-11-15(13,3)16-17(14)12-8-5-4-6-9-12/h4-6,8-9,13H,7,10-11H2,1-3H3/q+1/t13-,15-/m1/s1. The lowest BCUT2D eigenvalue weighted by atomic mass is 9.78. The Bertz CT molecular complexity index is 461. The summed E-state index contributed by atoms with van der Waals surface area (Å²) in [6.45, 7) is 7.00. The average Bonchev–Trinajstić information content (AvgIpc) is 2.77. The van der Waals surface area contributed by atoms with Crippen LogP contribution in [-0.2, 0) is 0 Å². The molecule has 1 aliphatic heterocycles. The molecule has 17 heavy (non-hydrogen) atoms. The van der Waals surface area contributed by atoms with Gasteiger partial charge in [0, 0.05) is 26.0 Å². The molecule has 1 saturated carbocycles. The molecule has 1 aliphatic carbocycles. The lowest BCUT2D eigenvalue weighted by Crippen LogP contribution is -2.40. The van der Waals surface area contributed by atoms with Gasteiger partial charge in [-0.1, -0.05) is 29.3 Å². The van der Waals surface area contributed by atoms with Gasteiger partial charge in [-0.25, -0.2) is 0 Å². The molecule has 0 aromatic heterocycles. The van der Waals surface area contributed by atoms with Crippen LogP contribution in [-0.4, -0.2) is 15.8 Å². The molecule has 0 spiro atoms. The van der Waals surface area contributed by atoms with Crippen LogP contribution in [0.1, 0.15) is 40.0 Å². The van der Waals surface area contributed by atoms with Crippen LogP contribution >= 0.6 is 0 Å². The summed E-state index contributed by atoms with van der Waals surface area (Å²) >= 11 is 0. The zero-order valence-corrected chi connectivity index (χ0v) is 11.0. The molecule has 0 unspecified atom stereocenters. The van der Waals surface area contributed by atoms with Crippen LogP contribution in [0.2, 0.25) is 0 Å². The summed E-state index contributed by atoms with van der Waals surface area (Å²) in [5, 5.41) is 5.04. The number of rotatable bonds is 1. The molecule has 1 aromatic carbocycles. The summed E-state index contributed by atoms with van der Waals surface area (Å²) in [5.74, 6) is 0.690. The first kappa shape index (κ1) is 10.9. The van der Waals surface area contributed by atoms with E-state index in [1.165, 1.54) is 24.9 Å². The fourth-order valence-corrected chi connectivity index (χ4v) is 3.85. The second-order valence-corrected chi connectivity index (χ2v) is 6.20. The van der Waals surface area contributed by atoms with Crippen molar-refractivity contribution in [2.45, 2.75) is 51.1 Å². The Balaban J connectivity index is 2.09. The molecule has 90 valence electrons. The Hall–Kier alpha value is -1.18. The van der Waals surface area contributed by atoms with E-state index in [2.05, 4.69) is 55.8 Å². The molecule has 2 nitrogen and oxygen atoms in total. The number of fused-ring (bicyclic) bond motifs is 1.